The maximum atomic E-state index is 13.2. The number of amides is 1. The van der Waals surface area contributed by atoms with Gasteiger partial charge in [-0.2, -0.15) is 0 Å². The number of nitrogens with one attached hydrogen (secondary N) is 2. The molecular formula is C39H50N7O3+. The van der Waals surface area contributed by atoms with Gasteiger partial charge in [0.15, 0.2) is 0 Å². The highest BCUT2D eigenvalue weighted by Crippen LogP contribution is 2.25. The Labute approximate surface area is 290 Å². The lowest BCUT2D eigenvalue weighted by atomic mass is 9.97. The summed E-state index contributed by atoms with van der Waals surface area (Å²) in [7, 11) is 0. The minimum atomic E-state index is -0.503. The van der Waals surface area contributed by atoms with E-state index in [0.29, 0.717) is 29.8 Å². The van der Waals surface area contributed by atoms with Crippen LogP contribution in [0.5, 0.6) is 0 Å². The van der Waals surface area contributed by atoms with E-state index in [4.69, 9.17) is 4.74 Å². The van der Waals surface area contributed by atoms with Crippen LogP contribution in [-0.4, -0.2) is 75.7 Å². The van der Waals surface area contributed by atoms with Crippen molar-refractivity contribution in [3.05, 3.63) is 95.9 Å². The lowest BCUT2D eigenvalue weighted by molar-refractivity contribution is -0.947. The van der Waals surface area contributed by atoms with Gasteiger partial charge in [0.05, 0.1) is 30.7 Å². The number of anilines is 3. The number of carbonyl (C=O) groups is 2. The smallest absolute Gasteiger partial charge is 0.315 e. The van der Waals surface area contributed by atoms with Gasteiger partial charge in [0.2, 0.25) is 12.7 Å². The second kappa shape index (κ2) is 15.7. The third-order valence-electron chi connectivity index (χ3n) is 9.02. The molecular weight excluding hydrogens is 614 g/mol. The molecule has 0 radical (unpaired) electrons. The first-order valence-corrected chi connectivity index (χ1v) is 17.2. The monoisotopic (exact) mass is 664 g/mol. The number of aromatic nitrogens is 3. The number of nitrogens with zero attached hydrogens (tertiary/aromatic N) is 5. The van der Waals surface area contributed by atoms with E-state index < -0.39 is 5.41 Å². The number of ether oxygens (including phenoxy) is 1. The zero-order valence-corrected chi connectivity index (χ0v) is 29.7. The highest BCUT2D eigenvalue weighted by Gasteiger charge is 2.35. The third-order valence-corrected chi connectivity index (χ3v) is 9.02. The van der Waals surface area contributed by atoms with Crippen LogP contribution in [0.3, 0.4) is 0 Å². The Morgan fingerprint density at radius 3 is 2.43 bits per heavy atom. The number of carbonyl (C=O) groups excluding carboxylic acids is 2. The molecule has 10 nitrogen and oxygen atoms in total. The number of aryl methyl sites for hydroxylation is 1. The quantitative estimate of drug-likeness (QED) is 0.122. The Hall–Kier alpha value is -4.67. The van der Waals surface area contributed by atoms with Gasteiger partial charge in [-0.3, -0.25) is 24.0 Å². The van der Waals surface area contributed by atoms with Gasteiger partial charge in [-0.25, -0.2) is 9.97 Å². The molecule has 1 fully saturated rings. The predicted molar refractivity (Wildman–Crippen MR) is 194 cm³/mol. The molecule has 1 aliphatic rings. The molecule has 0 aliphatic carbocycles. The lowest BCUT2D eigenvalue weighted by Crippen LogP contribution is -2.61. The van der Waals surface area contributed by atoms with E-state index in [1.54, 1.807) is 18.6 Å². The average molecular weight is 665 g/mol. The summed E-state index contributed by atoms with van der Waals surface area (Å²) in [6.07, 6.45) is 6.31. The van der Waals surface area contributed by atoms with E-state index in [2.05, 4.69) is 44.3 Å². The van der Waals surface area contributed by atoms with Crippen molar-refractivity contribution in [2.75, 3.05) is 50.1 Å². The second-order valence-electron chi connectivity index (χ2n) is 14.6. The number of pyridine rings is 1. The first kappa shape index (κ1) is 35.6. The van der Waals surface area contributed by atoms with Gasteiger partial charge in [-0.1, -0.05) is 32.0 Å². The summed E-state index contributed by atoms with van der Waals surface area (Å²) >= 11 is 0. The van der Waals surface area contributed by atoms with Gasteiger partial charge in [-0.05, 0) is 93.6 Å². The molecule has 0 saturated carbocycles. The molecule has 3 heterocycles. The number of quaternary nitrogens is 1. The fourth-order valence-electron chi connectivity index (χ4n) is 5.72. The van der Waals surface area contributed by atoms with Gasteiger partial charge in [0.25, 0.3) is 5.91 Å². The summed E-state index contributed by atoms with van der Waals surface area (Å²) in [6.45, 7) is 18.2. The third kappa shape index (κ3) is 9.93. The van der Waals surface area contributed by atoms with E-state index in [1.165, 1.54) is 0 Å². The molecule has 2 N–H and O–H groups in total. The normalized spacial score (nSPS) is 14.8. The summed E-state index contributed by atoms with van der Waals surface area (Å²) < 4.78 is 6.65. The standard InChI is InChI=1S/C39H49N7O3/c1-28(2)16-21-46(27-49-37(48)39(4,5)6)22-19-45(20-23-46)26-30-10-12-31(13-11-30)36(47)42-33-14-9-29(3)35(24-33)44-38-41-18-15-34(43-38)32-8-7-17-40-25-32/h7-15,17-18,24-25,28H,16,19-23,26-27H2,1-6H3,(H-,41,42,43,44,47)/p+1. The predicted octanol–water partition coefficient (Wildman–Crippen LogP) is 7.07. The first-order valence-electron chi connectivity index (χ1n) is 17.2. The molecule has 2 aromatic carbocycles. The Morgan fingerprint density at radius 1 is 1.00 bits per heavy atom. The fraction of sp³-hybridized carbons (Fsp3) is 0.410. The maximum Gasteiger partial charge on any atom is 0.315 e. The van der Waals surface area contributed by atoms with Crippen LogP contribution in [0, 0.1) is 18.3 Å². The van der Waals surface area contributed by atoms with Crippen LogP contribution < -0.4 is 10.6 Å². The number of benzene rings is 2. The summed E-state index contributed by atoms with van der Waals surface area (Å²) in [5.74, 6) is 0.744. The van der Waals surface area contributed by atoms with Crippen LogP contribution in [-0.2, 0) is 16.1 Å². The van der Waals surface area contributed by atoms with E-state index in [-0.39, 0.29) is 11.9 Å². The Balaban J connectivity index is 1.16. The second-order valence-corrected chi connectivity index (χ2v) is 14.6. The fourth-order valence-corrected chi connectivity index (χ4v) is 5.72. The number of piperazine rings is 1. The van der Waals surface area contributed by atoms with Crippen LogP contribution >= 0.6 is 0 Å². The van der Waals surface area contributed by atoms with Crippen molar-refractivity contribution < 1.29 is 18.8 Å². The van der Waals surface area contributed by atoms with E-state index in [0.717, 1.165) is 78.2 Å². The van der Waals surface area contributed by atoms with Crippen molar-refractivity contribution in [3.63, 3.8) is 0 Å². The van der Waals surface area contributed by atoms with Gasteiger partial charge in [0, 0.05) is 60.7 Å². The van der Waals surface area contributed by atoms with Crippen LogP contribution in [0.2, 0.25) is 0 Å². The minimum absolute atomic E-state index is 0.141. The van der Waals surface area contributed by atoms with Crippen LogP contribution in [0.25, 0.3) is 11.3 Å². The molecule has 0 atom stereocenters. The van der Waals surface area contributed by atoms with Crippen LogP contribution in [0.15, 0.2) is 79.3 Å². The number of hydrogen-bond donors (Lipinski definition) is 2. The van der Waals surface area contributed by atoms with Gasteiger partial charge < -0.3 is 15.4 Å². The van der Waals surface area contributed by atoms with Crippen molar-refractivity contribution in [3.8, 4) is 11.3 Å². The molecule has 1 aliphatic heterocycles. The summed E-state index contributed by atoms with van der Waals surface area (Å²) in [6, 6.07) is 19.2. The Morgan fingerprint density at radius 2 is 1.76 bits per heavy atom. The molecule has 258 valence electrons. The van der Waals surface area contributed by atoms with Crippen molar-refractivity contribution in [2.45, 2.75) is 54.5 Å². The Bertz CT molecular complexity index is 1710. The molecule has 49 heavy (non-hydrogen) atoms. The molecule has 10 heteroatoms. The SMILES string of the molecule is Cc1ccc(NC(=O)c2ccc(CN3CC[N+](CCC(C)C)(COC(=O)C(C)(C)C)CC3)cc2)cc1Nc1nccc(-c2cccnc2)n1. The van der Waals surface area contributed by atoms with Crippen molar-refractivity contribution in [1.29, 1.82) is 0 Å². The lowest BCUT2D eigenvalue weighted by Gasteiger charge is -2.44. The van der Waals surface area contributed by atoms with Crippen molar-refractivity contribution in [1.82, 2.24) is 19.9 Å². The topological polar surface area (TPSA) is 109 Å². The molecule has 2 aromatic heterocycles. The molecule has 1 saturated heterocycles. The molecule has 0 bridgehead atoms. The van der Waals surface area contributed by atoms with Gasteiger partial charge in [0.1, 0.15) is 0 Å². The highest BCUT2D eigenvalue weighted by molar-refractivity contribution is 6.04. The molecule has 4 aromatic rings. The summed E-state index contributed by atoms with van der Waals surface area (Å²) in [5, 5.41) is 6.33. The van der Waals surface area contributed by atoms with Gasteiger partial charge in [-0.15, -0.1) is 0 Å². The van der Waals surface area contributed by atoms with E-state index in [1.807, 2.05) is 88.4 Å². The first-order chi connectivity index (χ1) is 23.4. The van der Waals surface area contributed by atoms with Crippen molar-refractivity contribution in [2.24, 2.45) is 11.3 Å². The maximum absolute atomic E-state index is 13.2. The largest absolute Gasteiger partial charge is 0.415 e. The minimum Gasteiger partial charge on any atom is -0.415 e. The van der Waals surface area contributed by atoms with E-state index in [9.17, 15) is 9.59 Å². The molecule has 0 unspecified atom stereocenters. The van der Waals surface area contributed by atoms with Crippen LogP contribution in [0.1, 0.15) is 62.5 Å². The van der Waals surface area contributed by atoms with Gasteiger partial charge >= 0.3 is 5.97 Å². The zero-order chi connectivity index (χ0) is 35.0. The van der Waals surface area contributed by atoms with Crippen molar-refractivity contribution >= 4 is 29.2 Å². The Kier molecular flexibility index (Phi) is 11.4. The molecule has 1 amide bonds. The number of esters is 1. The summed E-state index contributed by atoms with van der Waals surface area (Å²) in [4.78, 5) is 41.4. The number of hydrogen-bond acceptors (Lipinski definition) is 8. The van der Waals surface area contributed by atoms with E-state index >= 15 is 0 Å². The summed E-state index contributed by atoms with van der Waals surface area (Å²) in [5.41, 5.74) is 5.40. The highest BCUT2D eigenvalue weighted by atomic mass is 16.5. The average Bonchev–Trinajstić information content (AvgIpc) is 3.09. The zero-order valence-electron chi connectivity index (χ0n) is 29.7. The number of rotatable bonds is 12. The molecule has 5 rings (SSSR count). The van der Waals surface area contributed by atoms with Crippen LogP contribution in [0.4, 0.5) is 17.3 Å². The molecule has 0 spiro atoms.